The van der Waals surface area contributed by atoms with Gasteiger partial charge in [-0.05, 0) is 75.2 Å². The van der Waals surface area contributed by atoms with Gasteiger partial charge >= 0.3 is 0 Å². The average Bonchev–Trinajstić information content (AvgIpc) is 2.43. The molecule has 3 heteroatoms. The Hall–Kier alpha value is 0.110. The Morgan fingerprint density at radius 1 is 1.10 bits per heavy atom. The van der Waals surface area contributed by atoms with Gasteiger partial charge in [-0.3, -0.25) is 4.21 Å². The lowest BCUT2D eigenvalue weighted by atomic mass is 9.48. The lowest BCUT2D eigenvalue weighted by Crippen LogP contribution is -2.57. The first-order chi connectivity index (χ1) is 10.1. The second-order valence-corrected chi connectivity index (χ2v) is 9.76. The molecule has 1 N–H and O–H groups in total. The van der Waals surface area contributed by atoms with Crippen LogP contribution in [0, 0.1) is 23.2 Å². The van der Waals surface area contributed by atoms with Gasteiger partial charge in [0.2, 0.25) is 0 Å². The summed E-state index contributed by atoms with van der Waals surface area (Å²) in [6, 6.07) is 0.494. The van der Waals surface area contributed by atoms with Gasteiger partial charge in [0.05, 0.1) is 0 Å². The molecule has 2 unspecified atom stereocenters. The molecule has 4 fully saturated rings. The molecule has 0 aromatic carbocycles. The van der Waals surface area contributed by atoms with E-state index in [1.165, 1.54) is 51.4 Å². The predicted octanol–water partition coefficient (Wildman–Crippen LogP) is 3.73. The molecule has 2 nitrogen and oxygen atoms in total. The summed E-state index contributed by atoms with van der Waals surface area (Å²) in [7, 11) is 1.48. The Morgan fingerprint density at radius 2 is 1.67 bits per heavy atom. The van der Waals surface area contributed by atoms with Crippen molar-refractivity contribution in [2.75, 3.05) is 18.6 Å². The monoisotopic (exact) mass is 311 g/mol. The Balaban J connectivity index is 1.61. The minimum absolute atomic E-state index is 0.490. The van der Waals surface area contributed by atoms with Crippen LogP contribution >= 0.6 is 0 Å². The number of nitrogens with one attached hydrogen (secondary N) is 1. The van der Waals surface area contributed by atoms with E-state index in [2.05, 4.69) is 19.3 Å². The standard InChI is InChI=1S/C18H33NOS/c1-3-4-5-6-21(20)13-17(19-2)18-10-14-7-15(11-18)9-16(8-14)12-18/h14-17,19H,3-13H2,1-2H3. The Morgan fingerprint density at radius 3 is 2.14 bits per heavy atom. The zero-order valence-electron chi connectivity index (χ0n) is 13.9. The van der Waals surface area contributed by atoms with E-state index in [0.29, 0.717) is 11.5 Å². The highest BCUT2D eigenvalue weighted by Gasteiger charge is 2.53. The van der Waals surface area contributed by atoms with Crippen molar-refractivity contribution in [3.8, 4) is 0 Å². The highest BCUT2D eigenvalue weighted by Crippen LogP contribution is 2.61. The van der Waals surface area contributed by atoms with Crippen LogP contribution in [0.2, 0.25) is 0 Å². The maximum atomic E-state index is 12.5. The number of unbranched alkanes of at least 4 members (excludes halogenated alkanes) is 2. The first-order valence-electron chi connectivity index (χ1n) is 9.17. The van der Waals surface area contributed by atoms with Crippen molar-refractivity contribution in [1.82, 2.24) is 5.32 Å². The molecule has 4 bridgehead atoms. The minimum atomic E-state index is -0.627. The average molecular weight is 312 g/mol. The predicted molar refractivity (Wildman–Crippen MR) is 90.9 cm³/mol. The summed E-state index contributed by atoms with van der Waals surface area (Å²) in [4.78, 5) is 0. The molecule has 21 heavy (non-hydrogen) atoms. The van der Waals surface area contributed by atoms with Crippen molar-refractivity contribution >= 4 is 10.8 Å². The molecular weight excluding hydrogens is 278 g/mol. The Bertz CT molecular complexity index is 346. The highest BCUT2D eigenvalue weighted by molar-refractivity contribution is 7.85. The molecule has 0 aromatic heterocycles. The van der Waals surface area contributed by atoms with Crippen LogP contribution < -0.4 is 5.32 Å². The third-order valence-corrected chi connectivity index (χ3v) is 7.95. The van der Waals surface area contributed by atoms with Crippen LogP contribution in [0.5, 0.6) is 0 Å². The largest absolute Gasteiger partial charge is 0.316 e. The molecule has 2 atom stereocenters. The van der Waals surface area contributed by atoms with E-state index in [4.69, 9.17) is 0 Å². The van der Waals surface area contributed by atoms with Crippen LogP contribution in [0.25, 0.3) is 0 Å². The highest BCUT2D eigenvalue weighted by atomic mass is 32.2. The molecule has 4 aliphatic carbocycles. The van der Waals surface area contributed by atoms with E-state index >= 15 is 0 Å². The number of hydrogen-bond donors (Lipinski definition) is 1. The van der Waals surface area contributed by atoms with E-state index in [1.54, 1.807) is 0 Å². The van der Waals surface area contributed by atoms with Gasteiger partial charge in [-0.1, -0.05) is 19.8 Å². The van der Waals surface area contributed by atoms with Gasteiger partial charge in [-0.2, -0.15) is 0 Å². The summed E-state index contributed by atoms with van der Waals surface area (Å²) in [5.41, 5.74) is 0.490. The van der Waals surface area contributed by atoms with Gasteiger partial charge in [0.25, 0.3) is 0 Å². The molecule has 0 saturated heterocycles. The number of rotatable bonds is 8. The van der Waals surface area contributed by atoms with Crippen molar-refractivity contribution < 1.29 is 4.21 Å². The van der Waals surface area contributed by atoms with Crippen LogP contribution in [-0.4, -0.2) is 28.8 Å². The van der Waals surface area contributed by atoms with Crippen molar-refractivity contribution in [3.63, 3.8) is 0 Å². The lowest BCUT2D eigenvalue weighted by molar-refractivity contribution is -0.0683. The van der Waals surface area contributed by atoms with Crippen molar-refractivity contribution in [1.29, 1.82) is 0 Å². The zero-order chi connectivity index (χ0) is 14.9. The fraction of sp³-hybridized carbons (Fsp3) is 1.00. The van der Waals surface area contributed by atoms with Gasteiger partial charge in [-0.25, -0.2) is 0 Å². The summed E-state index contributed by atoms with van der Waals surface area (Å²) < 4.78 is 12.5. The molecule has 4 saturated carbocycles. The Kier molecular flexibility index (Phi) is 5.10. The second kappa shape index (κ2) is 6.70. The minimum Gasteiger partial charge on any atom is -0.316 e. The first kappa shape index (κ1) is 16.0. The second-order valence-electron chi connectivity index (χ2n) is 8.14. The molecule has 0 heterocycles. The van der Waals surface area contributed by atoms with Crippen LogP contribution in [0.4, 0.5) is 0 Å². The summed E-state index contributed by atoms with van der Waals surface area (Å²) in [6.07, 6.45) is 12.3. The van der Waals surface area contributed by atoms with E-state index in [-0.39, 0.29) is 0 Å². The maximum Gasteiger partial charge on any atom is 0.0394 e. The van der Waals surface area contributed by atoms with Gasteiger partial charge in [-0.15, -0.1) is 0 Å². The van der Waals surface area contributed by atoms with E-state index < -0.39 is 10.8 Å². The van der Waals surface area contributed by atoms with E-state index in [1.807, 2.05) is 0 Å². The molecule has 4 aliphatic rings. The quantitative estimate of drug-likeness (QED) is 0.692. The van der Waals surface area contributed by atoms with Gasteiger partial charge in [0, 0.05) is 28.3 Å². The third kappa shape index (κ3) is 3.39. The Labute approximate surface area is 133 Å². The number of hydrogen-bond acceptors (Lipinski definition) is 2. The zero-order valence-corrected chi connectivity index (χ0v) is 14.7. The molecule has 0 spiro atoms. The maximum absolute atomic E-state index is 12.5. The SMILES string of the molecule is CCCCCS(=O)CC(NC)C12CC3CC(CC(C3)C1)C2. The first-order valence-corrected chi connectivity index (χ1v) is 10.7. The van der Waals surface area contributed by atoms with Crippen molar-refractivity contribution in [3.05, 3.63) is 0 Å². The van der Waals surface area contributed by atoms with Gasteiger partial charge < -0.3 is 5.32 Å². The van der Waals surface area contributed by atoms with E-state index in [0.717, 1.165) is 35.7 Å². The molecular formula is C18H33NOS. The summed E-state index contributed by atoms with van der Waals surface area (Å²) >= 11 is 0. The topological polar surface area (TPSA) is 29.1 Å². The summed E-state index contributed by atoms with van der Waals surface area (Å²) in [5, 5.41) is 3.59. The molecule has 122 valence electrons. The fourth-order valence-electron chi connectivity index (χ4n) is 5.95. The van der Waals surface area contributed by atoms with Gasteiger partial charge in [0.1, 0.15) is 0 Å². The van der Waals surface area contributed by atoms with Crippen LogP contribution in [0.3, 0.4) is 0 Å². The van der Waals surface area contributed by atoms with Crippen LogP contribution in [0.1, 0.15) is 64.7 Å². The molecule has 0 radical (unpaired) electrons. The summed E-state index contributed by atoms with van der Waals surface area (Å²) in [5.74, 6) is 4.77. The third-order valence-electron chi connectivity index (χ3n) is 6.50. The smallest absolute Gasteiger partial charge is 0.0394 e. The molecule has 4 rings (SSSR count). The van der Waals surface area contributed by atoms with E-state index in [9.17, 15) is 4.21 Å². The molecule has 0 amide bonds. The summed E-state index contributed by atoms with van der Waals surface area (Å²) in [6.45, 7) is 2.22. The molecule has 0 aromatic rings. The van der Waals surface area contributed by atoms with Crippen molar-refractivity contribution in [2.45, 2.75) is 70.8 Å². The fourth-order valence-corrected chi connectivity index (χ4v) is 7.54. The molecule has 0 aliphatic heterocycles. The lowest BCUT2D eigenvalue weighted by Gasteiger charge is -2.59. The van der Waals surface area contributed by atoms with Gasteiger partial charge in [0.15, 0.2) is 0 Å². The van der Waals surface area contributed by atoms with Crippen molar-refractivity contribution in [2.24, 2.45) is 23.2 Å². The normalized spacial score (nSPS) is 40.4. The van der Waals surface area contributed by atoms with Crippen LogP contribution in [-0.2, 0) is 10.8 Å². The van der Waals surface area contributed by atoms with Crippen LogP contribution in [0.15, 0.2) is 0 Å².